The van der Waals surface area contributed by atoms with E-state index in [2.05, 4.69) is 4.74 Å². The van der Waals surface area contributed by atoms with Crippen molar-refractivity contribution in [2.45, 2.75) is 0 Å². The summed E-state index contributed by atoms with van der Waals surface area (Å²) in [5, 5.41) is 34.2. The van der Waals surface area contributed by atoms with Gasteiger partial charge in [-0.15, -0.1) is 0 Å². The number of esters is 1. The number of aliphatic hydroxyl groups is 4. The molecule has 0 aromatic carbocycles. The second-order valence-electron chi connectivity index (χ2n) is 2.12. The van der Waals surface area contributed by atoms with Crippen molar-refractivity contribution in [3.05, 3.63) is 11.1 Å². The molecule has 76 valence electrons. The van der Waals surface area contributed by atoms with Crippen molar-refractivity contribution < 1.29 is 30.0 Å². The summed E-state index contributed by atoms with van der Waals surface area (Å²) in [5.41, 5.74) is -0.264. The molecule has 0 aromatic heterocycles. The van der Waals surface area contributed by atoms with Crippen molar-refractivity contribution >= 4 is 5.97 Å². The van der Waals surface area contributed by atoms with E-state index in [1.807, 2.05) is 0 Å². The van der Waals surface area contributed by atoms with Gasteiger partial charge in [0.15, 0.2) is 6.79 Å². The number of carbonyl (C=O) groups excluding carboxylic acids is 1. The molecule has 0 fully saturated rings. The Morgan fingerprint density at radius 2 is 1.54 bits per heavy atom. The van der Waals surface area contributed by atoms with Crippen LogP contribution in [0.2, 0.25) is 0 Å². The molecule has 13 heavy (non-hydrogen) atoms. The van der Waals surface area contributed by atoms with Crippen LogP contribution in [-0.4, -0.2) is 53.0 Å². The van der Waals surface area contributed by atoms with Crippen molar-refractivity contribution in [3.63, 3.8) is 0 Å². The van der Waals surface area contributed by atoms with E-state index in [9.17, 15) is 4.79 Å². The summed E-state index contributed by atoms with van der Waals surface area (Å²) >= 11 is 0. The molecule has 6 heteroatoms. The molecule has 0 rings (SSSR count). The van der Waals surface area contributed by atoms with Gasteiger partial charge in [-0.3, -0.25) is 0 Å². The van der Waals surface area contributed by atoms with Crippen LogP contribution < -0.4 is 0 Å². The quantitative estimate of drug-likeness (QED) is 0.223. The van der Waals surface area contributed by atoms with Gasteiger partial charge in [0, 0.05) is 0 Å². The van der Waals surface area contributed by atoms with Crippen LogP contribution in [0.25, 0.3) is 0 Å². The zero-order chi connectivity index (χ0) is 10.3. The molecule has 0 aliphatic heterocycles. The summed E-state index contributed by atoms with van der Waals surface area (Å²) in [5.74, 6) is -0.955. The molecule has 0 heterocycles. The van der Waals surface area contributed by atoms with Gasteiger partial charge in [0.2, 0.25) is 0 Å². The third-order valence-corrected chi connectivity index (χ3v) is 1.41. The molecule has 0 spiro atoms. The third kappa shape index (κ3) is 3.51. The Bertz CT molecular complexity index is 191. The predicted octanol–water partition coefficient (Wildman–Crippen LogP) is -2.25. The van der Waals surface area contributed by atoms with Gasteiger partial charge in [0.25, 0.3) is 0 Å². The van der Waals surface area contributed by atoms with E-state index in [4.69, 9.17) is 20.4 Å². The van der Waals surface area contributed by atoms with Crippen LogP contribution in [0, 0.1) is 0 Å². The maximum Gasteiger partial charge on any atom is 0.338 e. The molecule has 0 aliphatic carbocycles. The standard InChI is InChI=1S/C7H12O6/c8-1-5(2-9)6(3-10)7(12)13-4-11/h8-11H,1-4H2. The first-order valence-corrected chi connectivity index (χ1v) is 3.52. The molecule has 0 bridgehead atoms. The van der Waals surface area contributed by atoms with Crippen LogP contribution in [0.3, 0.4) is 0 Å². The van der Waals surface area contributed by atoms with E-state index < -0.39 is 32.6 Å². The van der Waals surface area contributed by atoms with Gasteiger partial charge in [-0.2, -0.15) is 0 Å². The molecule has 6 nitrogen and oxygen atoms in total. The molecule has 0 saturated carbocycles. The largest absolute Gasteiger partial charge is 0.435 e. The minimum Gasteiger partial charge on any atom is -0.435 e. The first kappa shape index (κ1) is 12.0. The normalized spacial score (nSPS) is 9.54. The average molecular weight is 192 g/mol. The first-order chi connectivity index (χ1) is 6.21. The zero-order valence-electron chi connectivity index (χ0n) is 6.93. The van der Waals surface area contributed by atoms with Gasteiger partial charge >= 0.3 is 5.97 Å². The summed E-state index contributed by atoms with van der Waals surface area (Å²) in [6, 6.07) is 0. The second-order valence-corrected chi connectivity index (χ2v) is 2.12. The monoisotopic (exact) mass is 192 g/mol. The van der Waals surface area contributed by atoms with E-state index in [1.54, 1.807) is 0 Å². The Morgan fingerprint density at radius 3 is 1.85 bits per heavy atom. The maximum atomic E-state index is 10.9. The van der Waals surface area contributed by atoms with Crippen LogP contribution in [0.5, 0.6) is 0 Å². The molecular weight excluding hydrogens is 180 g/mol. The average Bonchev–Trinajstić information content (AvgIpc) is 2.14. The molecule has 4 N–H and O–H groups in total. The molecular formula is C7H12O6. The number of ether oxygens (including phenoxy) is 1. The predicted molar refractivity (Wildman–Crippen MR) is 41.5 cm³/mol. The van der Waals surface area contributed by atoms with Crippen molar-refractivity contribution in [1.29, 1.82) is 0 Å². The topological polar surface area (TPSA) is 107 Å². The molecule has 0 unspecified atom stereocenters. The summed E-state index contributed by atoms with van der Waals surface area (Å²) in [6.07, 6.45) is 0. The lowest BCUT2D eigenvalue weighted by Crippen LogP contribution is -2.17. The van der Waals surface area contributed by atoms with E-state index in [0.29, 0.717) is 0 Å². The number of hydrogen-bond acceptors (Lipinski definition) is 6. The fraction of sp³-hybridized carbons (Fsp3) is 0.571. The van der Waals surface area contributed by atoms with E-state index >= 15 is 0 Å². The van der Waals surface area contributed by atoms with Crippen molar-refractivity contribution in [2.75, 3.05) is 26.6 Å². The van der Waals surface area contributed by atoms with Crippen LogP contribution in [0.4, 0.5) is 0 Å². The van der Waals surface area contributed by atoms with Crippen LogP contribution in [-0.2, 0) is 9.53 Å². The first-order valence-electron chi connectivity index (χ1n) is 3.52. The van der Waals surface area contributed by atoms with Gasteiger partial charge in [0.1, 0.15) is 0 Å². The SMILES string of the molecule is O=C(OCO)C(CO)=C(CO)CO. The number of carbonyl (C=O) groups is 1. The highest BCUT2D eigenvalue weighted by Gasteiger charge is 2.14. The molecule has 0 atom stereocenters. The van der Waals surface area contributed by atoms with Gasteiger partial charge in [-0.1, -0.05) is 0 Å². The van der Waals surface area contributed by atoms with Gasteiger partial charge < -0.3 is 25.2 Å². The third-order valence-electron chi connectivity index (χ3n) is 1.41. The lowest BCUT2D eigenvalue weighted by molar-refractivity contribution is -0.147. The van der Waals surface area contributed by atoms with Crippen molar-refractivity contribution in [3.8, 4) is 0 Å². The number of aliphatic hydroxyl groups excluding tert-OH is 4. The summed E-state index contributed by atoms with van der Waals surface area (Å²) < 4.78 is 4.16. The van der Waals surface area contributed by atoms with Crippen LogP contribution in [0.15, 0.2) is 11.1 Å². The van der Waals surface area contributed by atoms with E-state index in [0.717, 1.165) is 0 Å². The lowest BCUT2D eigenvalue weighted by Gasteiger charge is -2.07. The zero-order valence-corrected chi connectivity index (χ0v) is 6.93. The number of hydrogen-bond donors (Lipinski definition) is 4. The summed E-state index contributed by atoms with van der Waals surface area (Å²) in [7, 11) is 0. The minimum atomic E-state index is -0.955. The fourth-order valence-corrected chi connectivity index (χ4v) is 0.707. The van der Waals surface area contributed by atoms with Crippen LogP contribution >= 0.6 is 0 Å². The molecule has 0 aliphatic rings. The highest BCUT2D eigenvalue weighted by atomic mass is 16.6. The Kier molecular flexibility index (Phi) is 6.07. The molecule has 0 amide bonds. The smallest absolute Gasteiger partial charge is 0.338 e. The highest BCUT2D eigenvalue weighted by Crippen LogP contribution is 2.05. The minimum absolute atomic E-state index is 0.0269. The summed E-state index contributed by atoms with van der Waals surface area (Å²) in [6.45, 7) is -2.57. The number of rotatable bonds is 5. The maximum absolute atomic E-state index is 10.9. The Labute approximate surface area is 74.7 Å². The Balaban J connectivity index is 4.63. The molecule has 0 radical (unpaired) electrons. The molecule has 0 aromatic rings. The summed E-state index contributed by atoms with van der Waals surface area (Å²) in [4.78, 5) is 10.9. The van der Waals surface area contributed by atoms with Crippen LogP contribution in [0.1, 0.15) is 0 Å². The lowest BCUT2D eigenvalue weighted by atomic mass is 10.1. The Morgan fingerprint density at radius 1 is 1.00 bits per heavy atom. The molecule has 0 saturated heterocycles. The van der Waals surface area contributed by atoms with Gasteiger partial charge in [0.05, 0.1) is 25.4 Å². The Hall–Kier alpha value is -0.950. The van der Waals surface area contributed by atoms with E-state index in [-0.39, 0.29) is 11.1 Å². The second kappa shape index (κ2) is 6.55. The highest BCUT2D eigenvalue weighted by molar-refractivity contribution is 5.89. The van der Waals surface area contributed by atoms with Crippen molar-refractivity contribution in [1.82, 2.24) is 0 Å². The van der Waals surface area contributed by atoms with Crippen molar-refractivity contribution in [2.24, 2.45) is 0 Å². The van der Waals surface area contributed by atoms with Gasteiger partial charge in [-0.05, 0) is 5.57 Å². The van der Waals surface area contributed by atoms with E-state index in [1.165, 1.54) is 0 Å². The fourth-order valence-electron chi connectivity index (χ4n) is 0.707. The van der Waals surface area contributed by atoms with Gasteiger partial charge in [-0.25, -0.2) is 4.79 Å².